The molecule has 4 nitrogen and oxygen atoms in total. The van der Waals surface area contributed by atoms with Crippen molar-refractivity contribution in [2.24, 2.45) is 5.92 Å². The molecule has 0 aliphatic heterocycles. The SMILES string of the molecule is CCCCNCC(C=O)C(C)c1ccc(O)cc1O. The number of carbonyl (C=O) groups is 1. The summed E-state index contributed by atoms with van der Waals surface area (Å²) in [5, 5.41) is 22.3. The smallest absolute Gasteiger partial charge is 0.124 e. The van der Waals surface area contributed by atoms with Crippen molar-refractivity contribution in [2.75, 3.05) is 13.1 Å². The van der Waals surface area contributed by atoms with Crippen molar-refractivity contribution in [3.63, 3.8) is 0 Å². The van der Waals surface area contributed by atoms with Gasteiger partial charge in [0.2, 0.25) is 0 Å². The molecule has 0 amide bonds. The van der Waals surface area contributed by atoms with Crippen molar-refractivity contribution in [2.45, 2.75) is 32.6 Å². The van der Waals surface area contributed by atoms with Gasteiger partial charge in [-0.15, -0.1) is 0 Å². The summed E-state index contributed by atoms with van der Waals surface area (Å²) < 4.78 is 0. The lowest BCUT2D eigenvalue weighted by atomic mass is 9.88. The number of benzene rings is 1. The third kappa shape index (κ3) is 4.56. The maximum Gasteiger partial charge on any atom is 0.124 e. The van der Waals surface area contributed by atoms with Crippen LogP contribution in [-0.2, 0) is 4.79 Å². The van der Waals surface area contributed by atoms with E-state index in [0.29, 0.717) is 12.1 Å². The van der Waals surface area contributed by atoms with Gasteiger partial charge in [0.05, 0.1) is 0 Å². The second kappa shape index (κ2) is 7.79. The number of unbranched alkanes of at least 4 members (excludes halogenated alkanes) is 1. The Labute approximate surface area is 114 Å². The number of rotatable bonds is 8. The highest BCUT2D eigenvalue weighted by atomic mass is 16.3. The van der Waals surface area contributed by atoms with Gasteiger partial charge in [0.15, 0.2) is 0 Å². The summed E-state index contributed by atoms with van der Waals surface area (Å²) >= 11 is 0. The molecule has 3 N–H and O–H groups in total. The first-order valence-corrected chi connectivity index (χ1v) is 6.78. The van der Waals surface area contributed by atoms with Gasteiger partial charge in [-0.2, -0.15) is 0 Å². The number of aldehydes is 1. The summed E-state index contributed by atoms with van der Waals surface area (Å²) in [6.07, 6.45) is 3.13. The number of carbonyl (C=O) groups excluding carboxylic acids is 1. The van der Waals surface area contributed by atoms with Crippen LogP contribution in [0, 0.1) is 5.92 Å². The summed E-state index contributed by atoms with van der Waals surface area (Å²) in [5.41, 5.74) is 0.687. The van der Waals surface area contributed by atoms with E-state index in [1.54, 1.807) is 6.07 Å². The zero-order chi connectivity index (χ0) is 14.3. The van der Waals surface area contributed by atoms with Crippen LogP contribution in [0.5, 0.6) is 11.5 Å². The number of phenolic OH excluding ortho intramolecular Hbond substituents is 2. The van der Waals surface area contributed by atoms with Crippen molar-refractivity contribution in [1.29, 1.82) is 0 Å². The van der Waals surface area contributed by atoms with Crippen LogP contribution in [0.15, 0.2) is 18.2 Å². The van der Waals surface area contributed by atoms with E-state index in [-0.39, 0.29) is 23.3 Å². The van der Waals surface area contributed by atoms with E-state index in [2.05, 4.69) is 12.2 Å². The molecule has 106 valence electrons. The molecule has 0 spiro atoms. The topological polar surface area (TPSA) is 69.6 Å². The normalized spacial score (nSPS) is 14.0. The van der Waals surface area contributed by atoms with Crippen molar-refractivity contribution in [3.8, 4) is 11.5 Å². The standard InChI is InChI=1S/C15H23NO3/c1-3-4-7-16-9-12(10-17)11(2)14-6-5-13(18)8-15(14)19/h5-6,8,10-12,16,18-19H,3-4,7,9H2,1-2H3. The van der Waals surface area contributed by atoms with Gasteiger partial charge in [-0.3, -0.25) is 0 Å². The van der Waals surface area contributed by atoms with E-state index in [1.165, 1.54) is 12.1 Å². The first-order valence-electron chi connectivity index (χ1n) is 6.78. The fourth-order valence-electron chi connectivity index (χ4n) is 2.06. The van der Waals surface area contributed by atoms with Gasteiger partial charge in [-0.05, 0) is 30.5 Å². The van der Waals surface area contributed by atoms with Crippen LogP contribution >= 0.6 is 0 Å². The molecule has 2 atom stereocenters. The van der Waals surface area contributed by atoms with Gasteiger partial charge in [0.25, 0.3) is 0 Å². The van der Waals surface area contributed by atoms with E-state index < -0.39 is 0 Å². The van der Waals surface area contributed by atoms with E-state index in [4.69, 9.17) is 0 Å². The Bertz CT molecular complexity index is 406. The predicted octanol–water partition coefficient (Wildman–Crippen LogP) is 2.41. The molecule has 0 radical (unpaired) electrons. The summed E-state index contributed by atoms with van der Waals surface area (Å²) in [4.78, 5) is 11.2. The van der Waals surface area contributed by atoms with Crippen molar-refractivity contribution in [3.05, 3.63) is 23.8 Å². The third-order valence-corrected chi connectivity index (χ3v) is 3.41. The van der Waals surface area contributed by atoms with Crippen molar-refractivity contribution < 1.29 is 15.0 Å². The first kappa shape index (κ1) is 15.5. The summed E-state index contributed by atoms with van der Waals surface area (Å²) in [7, 11) is 0. The molecule has 0 fully saturated rings. The Balaban J connectivity index is 2.66. The maximum atomic E-state index is 11.2. The Hall–Kier alpha value is -1.55. The zero-order valence-electron chi connectivity index (χ0n) is 11.6. The minimum atomic E-state index is -0.188. The molecule has 1 aromatic carbocycles. The number of nitrogens with one attached hydrogen (secondary N) is 1. The quantitative estimate of drug-likeness (QED) is 0.498. The second-order valence-corrected chi connectivity index (χ2v) is 4.89. The molecule has 2 unspecified atom stereocenters. The molecule has 0 aliphatic carbocycles. The largest absolute Gasteiger partial charge is 0.508 e. The molecule has 1 aromatic rings. The lowest BCUT2D eigenvalue weighted by Crippen LogP contribution is -2.28. The predicted molar refractivity (Wildman–Crippen MR) is 75.5 cm³/mol. The average molecular weight is 265 g/mol. The lowest BCUT2D eigenvalue weighted by molar-refractivity contribution is -0.111. The molecular formula is C15H23NO3. The highest BCUT2D eigenvalue weighted by Crippen LogP contribution is 2.32. The van der Waals surface area contributed by atoms with Crippen LogP contribution in [0.2, 0.25) is 0 Å². The summed E-state index contributed by atoms with van der Waals surface area (Å²) in [5.74, 6) is -0.218. The fourth-order valence-corrected chi connectivity index (χ4v) is 2.06. The van der Waals surface area contributed by atoms with Crippen LogP contribution in [0.1, 0.15) is 38.2 Å². The lowest BCUT2D eigenvalue weighted by Gasteiger charge is -2.20. The van der Waals surface area contributed by atoms with Gasteiger partial charge >= 0.3 is 0 Å². The van der Waals surface area contributed by atoms with E-state index in [9.17, 15) is 15.0 Å². The van der Waals surface area contributed by atoms with E-state index in [0.717, 1.165) is 25.7 Å². The van der Waals surface area contributed by atoms with Gasteiger partial charge in [0.1, 0.15) is 17.8 Å². The Morgan fingerprint density at radius 3 is 2.68 bits per heavy atom. The maximum absolute atomic E-state index is 11.2. The minimum absolute atomic E-state index is 0.0252. The Kier molecular flexibility index (Phi) is 6.36. The fraction of sp³-hybridized carbons (Fsp3) is 0.533. The van der Waals surface area contributed by atoms with Crippen LogP contribution in [-0.4, -0.2) is 29.6 Å². The van der Waals surface area contributed by atoms with Gasteiger partial charge in [-0.25, -0.2) is 0 Å². The molecule has 0 bridgehead atoms. The molecule has 0 aromatic heterocycles. The van der Waals surface area contributed by atoms with E-state index >= 15 is 0 Å². The Morgan fingerprint density at radius 1 is 1.37 bits per heavy atom. The van der Waals surface area contributed by atoms with Crippen LogP contribution in [0.3, 0.4) is 0 Å². The van der Waals surface area contributed by atoms with Gasteiger partial charge < -0.3 is 20.3 Å². The number of hydrogen-bond acceptors (Lipinski definition) is 4. The number of phenols is 2. The van der Waals surface area contributed by atoms with Crippen LogP contribution < -0.4 is 5.32 Å². The van der Waals surface area contributed by atoms with E-state index in [1.807, 2.05) is 6.92 Å². The number of hydrogen-bond donors (Lipinski definition) is 3. The first-order chi connectivity index (χ1) is 9.10. The summed E-state index contributed by atoms with van der Waals surface area (Å²) in [6, 6.07) is 4.49. The zero-order valence-corrected chi connectivity index (χ0v) is 11.6. The molecule has 0 saturated heterocycles. The Morgan fingerprint density at radius 2 is 2.11 bits per heavy atom. The summed E-state index contributed by atoms with van der Waals surface area (Å²) in [6.45, 7) is 5.53. The molecule has 0 heterocycles. The second-order valence-electron chi connectivity index (χ2n) is 4.89. The highest BCUT2D eigenvalue weighted by Gasteiger charge is 2.20. The van der Waals surface area contributed by atoms with Gasteiger partial charge in [0, 0.05) is 18.5 Å². The van der Waals surface area contributed by atoms with Crippen LogP contribution in [0.4, 0.5) is 0 Å². The molecule has 4 heteroatoms. The van der Waals surface area contributed by atoms with Crippen molar-refractivity contribution >= 4 is 6.29 Å². The van der Waals surface area contributed by atoms with Crippen molar-refractivity contribution in [1.82, 2.24) is 5.32 Å². The average Bonchev–Trinajstić information content (AvgIpc) is 2.38. The molecule has 1 rings (SSSR count). The minimum Gasteiger partial charge on any atom is -0.508 e. The molecule has 19 heavy (non-hydrogen) atoms. The number of aromatic hydroxyl groups is 2. The molecular weight excluding hydrogens is 242 g/mol. The highest BCUT2D eigenvalue weighted by molar-refractivity contribution is 5.57. The molecule has 0 aliphatic rings. The monoisotopic (exact) mass is 265 g/mol. The van der Waals surface area contributed by atoms with Gasteiger partial charge in [-0.1, -0.05) is 26.3 Å². The van der Waals surface area contributed by atoms with Crippen LogP contribution in [0.25, 0.3) is 0 Å². The third-order valence-electron chi connectivity index (χ3n) is 3.41. The molecule has 0 saturated carbocycles.